The number of methoxy groups -OCH3 is 3. The molecule has 0 fully saturated rings. The summed E-state index contributed by atoms with van der Waals surface area (Å²) < 4.78 is 16.1. The number of allylic oxidation sites excluding steroid dienone is 3. The van der Waals surface area contributed by atoms with Crippen molar-refractivity contribution < 1.29 is 24.1 Å². The molecule has 1 aliphatic carbocycles. The van der Waals surface area contributed by atoms with E-state index in [-0.39, 0.29) is 22.9 Å². The molecule has 1 aliphatic heterocycles. The highest BCUT2D eigenvalue weighted by Gasteiger charge is 2.41. The number of hydrogen-bond acceptors (Lipinski definition) is 8. The number of phenolic OH excluding ortho intramolecular Hbond substituents is 1. The Morgan fingerprint density at radius 3 is 2.42 bits per heavy atom. The van der Waals surface area contributed by atoms with Crippen molar-refractivity contribution in [2.24, 2.45) is 5.73 Å². The molecule has 1 heterocycles. The van der Waals surface area contributed by atoms with Crippen molar-refractivity contribution in [2.45, 2.75) is 25.2 Å². The van der Waals surface area contributed by atoms with E-state index in [1.165, 1.54) is 13.2 Å². The molecule has 2 aromatic carbocycles. The highest BCUT2D eigenvalue weighted by atomic mass is 16.5. The molecule has 0 saturated heterocycles. The van der Waals surface area contributed by atoms with Gasteiger partial charge in [-0.2, -0.15) is 5.26 Å². The smallest absolute Gasteiger partial charge is 0.161 e. The highest BCUT2D eigenvalue weighted by Crippen LogP contribution is 2.49. The maximum absolute atomic E-state index is 13.2. The highest BCUT2D eigenvalue weighted by molar-refractivity contribution is 6.01. The topological polar surface area (TPSA) is 118 Å². The lowest BCUT2D eigenvalue weighted by Gasteiger charge is -2.40. The third-order valence-corrected chi connectivity index (χ3v) is 6.08. The number of rotatable bonds is 5. The molecule has 1 atom stereocenters. The summed E-state index contributed by atoms with van der Waals surface area (Å²) in [6, 6.07) is 12.4. The van der Waals surface area contributed by atoms with Crippen LogP contribution in [0.25, 0.3) is 0 Å². The molecular formula is C25H25N3O5. The number of benzene rings is 2. The number of nitrogens with two attached hydrogens (primary N) is 1. The van der Waals surface area contributed by atoms with E-state index in [9.17, 15) is 15.2 Å². The van der Waals surface area contributed by atoms with Crippen molar-refractivity contribution in [3.8, 4) is 29.1 Å². The van der Waals surface area contributed by atoms with Crippen LogP contribution in [-0.4, -0.2) is 32.2 Å². The van der Waals surface area contributed by atoms with Crippen LogP contribution in [0.15, 0.2) is 59.1 Å². The van der Waals surface area contributed by atoms with Gasteiger partial charge in [-0.05, 0) is 42.7 Å². The Kier molecular flexibility index (Phi) is 5.88. The van der Waals surface area contributed by atoms with Crippen LogP contribution < -0.4 is 24.8 Å². The summed E-state index contributed by atoms with van der Waals surface area (Å²) in [5.41, 5.74) is 9.22. The standard InChI is InChI=1S/C25H25N3O5/c1-31-15-8-10-21(32-2)18(12-15)28-17-5-4-6-19(29)24(17)23(16(13-26)25(28)27)14-7-9-22(33-3)20(30)11-14/h7-12,23,30H,4-6,27H2,1-3H3/t23-/m0/s1. The number of anilines is 1. The minimum absolute atomic E-state index is 0.0522. The molecule has 0 unspecified atom stereocenters. The van der Waals surface area contributed by atoms with Gasteiger partial charge in [0.1, 0.15) is 17.3 Å². The molecule has 33 heavy (non-hydrogen) atoms. The fourth-order valence-electron chi connectivity index (χ4n) is 4.55. The molecule has 8 nitrogen and oxygen atoms in total. The molecule has 0 bridgehead atoms. The average molecular weight is 447 g/mol. The molecule has 8 heteroatoms. The van der Waals surface area contributed by atoms with E-state index in [2.05, 4.69) is 6.07 Å². The average Bonchev–Trinajstić information content (AvgIpc) is 2.83. The van der Waals surface area contributed by atoms with Crippen LogP contribution in [0.5, 0.6) is 23.0 Å². The Bertz CT molecular complexity index is 1230. The lowest BCUT2D eigenvalue weighted by molar-refractivity contribution is -0.116. The molecular weight excluding hydrogens is 422 g/mol. The lowest BCUT2D eigenvalue weighted by Crippen LogP contribution is -2.38. The number of Topliss-reactive ketones (excluding diaryl/α,β-unsaturated/α-hetero) is 1. The Morgan fingerprint density at radius 2 is 1.79 bits per heavy atom. The Hall–Kier alpha value is -4.12. The van der Waals surface area contributed by atoms with Crippen LogP contribution in [0, 0.1) is 11.3 Å². The largest absolute Gasteiger partial charge is 0.504 e. The molecule has 0 saturated carbocycles. The molecule has 3 N–H and O–H groups in total. The predicted octanol–water partition coefficient (Wildman–Crippen LogP) is 3.72. The van der Waals surface area contributed by atoms with E-state index < -0.39 is 5.92 Å². The second-order valence-corrected chi connectivity index (χ2v) is 7.79. The van der Waals surface area contributed by atoms with Gasteiger partial charge >= 0.3 is 0 Å². The molecule has 4 rings (SSSR count). The summed E-state index contributed by atoms with van der Waals surface area (Å²) >= 11 is 0. The number of ketones is 1. The van der Waals surface area contributed by atoms with E-state index in [0.29, 0.717) is 53.3 Å². The minimum atomic E-state index is -0.692. The van der Waals surface area contributed by atoms with E-state index in [0.717, 1.165) is 5.70 Å². The number of phenols is 1. The number of ether oxygens (including phenoxy) is 3. The first kappa shape index (κ1) is 22.1. The van der Waals surface area contributed by atoms with Gasteiger partial charge in [-0.1, -0.05) is 6.07 Å². The molecule has 170 valence electrons. The maximum Gasteiger partial charge on any atom is 0.161 e. The van der Waals surface area contributed by atoms with E-state index in [4.69, 9.17) is 19.9 Å². The molecule has 0 radical (unpaired) electrons. The van der Waals surface area contributed by atoms with Gasteiger partial charge in [0.15, 0.2) is 17.3 Å². The van der Waals surface area contributed by atoms with Crippen molar-refractivity contribution >= 4 is 11.5 Å². The normalized spacial score (nSPS) is 18.1. The molecule has 0 aromatic heterocycles. The first-order valence-corrected chi connectivity index (χ1v) is 10.5. The Morgan fingerprint density at radius 1 is 1.06 bits per heavy atom. The molecule has 0 spiro atoms. The second kappa shape index (κ2) is 8.79. The van der Waals surface area contributed by atoms with Crippen molar-refractivity contribution in [3.05, 3.63) is 64.6 Å². The number of carbonyl (C=O) groups excluding carboxylic acids is 1. The zero-order valence-corrected chi connectivity index (χ0v) is 18.7. The monoisotopic (exact) mass is 447 g/mol. The fraction of sp³-hybridized carbons (Fsp3) is 0.280. The maximum atomic E-state index is 13.2. The summed E-state index contributed by atoms with van der Waals surface area (Å²) in [5.74, 6) is 0.805. The van der Waals surface area contributed by atoms with Crippen molar-refractivity contribution in [3.63, 3.8) is 0 Å². The number of aromatic hydroxyl groups is 1. The quantitative estimate of drug-likeness (QED) is 0.712. The van der Waals surface area contributed by atoms with Crippen molar-refractivity contribution in [2.75, 3.05) is 26.2 Å². The van der Waals surface area contributed by atoms with Gasteiger partial charge in [-0.3, -0.25) is 9.69 Å². The Balaban J connectivity index is 1.98. The van der Waals surface area contributed by atoms with E-state index >= 15 is 0 Å². The van der Waals surface area contributed by atoms with E-state index in [1.807, 2.05) is 0 Å². The van der Waals surface area contributed by atoms with Crippen molar-refractivity contribution in [1.82, 2.24) is 0 Å². The van der Waals surface area contributed by atoms with Crippen LogP contribution in [0.4, 0.5) is 5.69 Å². The van der Waals surface area contributed by atoms with Gasteiger partial charge in [-0.25, -0.2) is 0 Å². The zero-order chi connectivity index (χ0) is 23.7. The SMILES string of the molecule is COc1ccc(OC)c(N2C(N)=C(C#N)[C@H](c3ccc(OC)c(O)c3)C3=C2CCCC3=O)c1. The zero-order valence-electron chi connectivity index (χ0n) is 18.7. The number of nitrogens with zero attached hydrogens (tertiary/aromatic N) is 2. The van der Waals surface area contributed by atoms with Gasteiger partial charge < -0.3 is 25.1 Å². The number of hydrogen-bond donors (Lipinski definition) is 2. The first-order valence-electron chi connectivity index (χ1n) is 10.5. The summed E-state index contributed by atoms with van der Waals surface area (Å²) in [6.07, 6.45) is 1.63. The summed E-state index contributed by atoms with van der Waals surface area (Å²) in [5, 5.41) is 20.5. The second-order valence-electron chi connectivity index (χ2n) is 7.79. The third kappa shape index (κ3) is 3.61. The van der Waals surface area contributed by atoms with Crippen LogP contribution in [-0.2, 0) is 4.79 Å². The van der Waals surface area contributed by atoms with Gasteiger partial charge in [0.2, 0.25) is 0 Å². The molecule has 2 aliphatic rings. The number of nitriles is 1. The minimum Gasteiger partial charge on any atom is -0.504 e. The summed E-state index contributed by atoms with van der Waals surface area (Å²) in [4.78, 5) is 15.0. The lowest BCUT2D eigenvalue weighted by atomic mass is 9.75. The van der Waals surface area contributed by atoms with Gasteiger partial charge in [0.25, 0.3) is 0 Å². The summed E-state index contributed by atoms with van der Waals surface area (Å²) in [6.45, 7) is 0. The van der Waals surface area contributed by atoms with Crippen LogP contribution in [0.2, 0.25) is 0 Å². The first-order chi connectivity index (χ1) is 15.9. The Labute approximate surface area is 192 Å². The van der Waals surface area contributed by atoms with Gasteiger partial charge in [-0.15, -0.1) is 0 Å². The van der Waals surface area contributed by atoms with Crippen LogP contribution in [0.1, 0.15) is 30.7 Å². The summed E-state index contributed by atoms with van der Waals surface area (Å²) in [7, 11) is 4.56. The number of carbonyl (C=O) groups is 1. The van der Waals surface area contributed by atoms with E-state index in [1.54, 1.807) is 49.5 Å². The van der Waals surface area contributed by atoms with Crippen LogP contribution >= 0.6 is 0 Å². The van der Waals surface area contributed by atoms with Gasteiger partial charge in [0, 0.05) is 23.8 Å². The molecule has 2 aromatic rings. The van der Waals surface area contributed by atoms with Crippen LogP contribution in [0.3, 0.4) is 0 Å². The predicted molar refractivity (Wildman–Crippen MR) is 122 cm³/mol. The van der Waals surface area contributed by atoms with Crippen molar-refractivity contribution in [1.29, 1.82) is 5.26 Å². The molecule has 0 amide bonds. The fourth-order valence-corrected chi connectivity index (χ4v) is 4.55. The third-order valence-electron chi connectivity index (χ3n) is 6.08. The van der Waals surface area contributed by atoms with Gasteiger partial charge in [0.05, 0.1) is 44.6 Å².